The van der Waals surface area contributed by atoms with E-state index in [1.54, 1.807) is 0 Å². The Balaban J connectivity index is 4.80. The van der Waals surface area contributed by atoms with E-state index < -0.39 is 35.6 Å². The van der Waals surface area contributed by atoms with Crippen molar-refractivity contribution < 1.29 is 14.4 Å². The van der Waals surface area contributed by atoms with Crippen molar-refractivity contribution in [1.82, 2.24) is 5.32 Å². The Bertz CT molecular complexity index is 327. The fraction of sp³-hybridized carbons (Fsp3) is 0.667. The van der Waals surface area contributed by atoms with Crippen LogP contribution >= 0.6 is 37.9 Å². The van der Waals surface area contributed by atoms with Crippen molar-refractivity contribution in [2.24, 2.45) is 23.3 Å². The van der Waals surface area contributed by atoms with Crippen LogP contribution in [-0.4, -0.2) is 41.0 Å². The number of primary amides is 2. The summed E-state index contributed by atoms with van der Waals surface area (Å²) in [4.78, 5) is 34.1. The second-order valence-electron chi connectivity index (χ2n) is 3.63. The van der Waals surface area contributed by atoms with Crippen molar-refractivity contribution in [2.45, 2.75) is 6.04 Å². The summed E-state index contributed by atoms with van der Waals surface area (Å²) in [5.41, 5.74) is 10.3. The van der Waals surface area contributed by atoms with Crippen LogP contribution < -0.4 is 16.8 Å². The van der Waals surface area contributed by atoms with Gasteiger partial charge < -0.3 is 16.8 Å². The molecule has 0 heterocycles. The number of nitrogens with one attached hydrogen (secondary N) is 1. The highest BCUT2D eigenvalue weighted by Crippen LogP contribution is 2.16. The molecule has 0 aromatic carbocycles. The summed E-state index contributed by atoms with van der Waals surface area (Å²) >= 11 is 11.9. The molecule has 3 amide bonds. The van der Waals surface area contributed by atoms with E-state index in [0.717, 1.165) is 0 Å². The van der Waals surface area contributed by atoms with Gasteiger partial charge in [0.25, 0.3) is 0 Å². The van der Waals surface area contributed by atoms with Crippen LogP contribution in [0.4, 0.5) is 0 Å². The van der Waals surface area contributed by atoms with E-state index in [-0.39, 0.29) is 17.3 Å². The van der Waals surface area contributed by atoms with Crippen LogP contribution in [0.15, 0.2) is 0 Å². The van der Waals surface area contributed by atoms with Crippen LogP contribution in [0.2, 0.25) is 0 Å². The predicted octanol–water partition coefficient (Wildman–Crippen LogP) is -1.54. The molecule has 18 heavy (non-hydrogen) atoms. The van der Waals surface area contributed by atoms with Crippen molar-refractivity contribution in [3.63, 3.8) is 0 Å². The molecule has 0 aliphatic carbocycles. The van der Waals surface area contributed by atoms with Crippen LogP contribution in [0.25, 0.3) is 0 Å². The molecular weight excluding hydrogens is 294 g/mol. The van der Waals surface area contributed by atoms with Gasteiger partial charge in [0.05, 0.1) is 11.8 Å². The highest BCUT2D eigenvalue weighted by atomic mass is 32.1. The maximum atomic E-state index is 11.9. The van der Waals surface area contributed by atoms with E-state index in [1.165, 1.54) is 0 Å². The SMILES string of the molecule is NC(=O)C(CS)[C@@H](CS)C(=O)N[C@@H](CS)C(N)=O. The Morgan fingerprint density at radius 1 is 0.889 bits per heavy atom. The zero-order valence-electron chi connectivity index (χ0n) is 9.57. The molecule has 5 N–H and O–H groups in total. The monoisotopic (exact) mass is 311 g/mol. The molecule has 9 heteroatoms. The quantitative estimate of drug-likeness (QED) is 0.305. The summed E-state index contributed by atoms with van der Waals surface area (Å²) in [6.07, 6.45) is 0. The molecule has 3 atom stereocenters. The number of rotatable bonds is 8. The van der Waals surface area contributed by atoms with E-state index >= 15 is 0 Å². The topological polar surface area (TPSA) is 115 Å². The Kier molecular flexibility index (Phi) is 8.29. The second-order valence-corrected chi connectivity index (χ2v) is 4.72. The molecule has 0 fully saturated rings. The van der Waals surface area contributed by atoms with E-state index in [1.807, 2.05) is 0 Å². The number of hydrogen-bond acceptors (Lipinski definition) is 6. The van der Waals surface area contributed by atoms with Gasteiger partial charge in [-0.3, -0.25) is 14.4 Å². The third-order valence-electron chi connectivity index (χ3n) is 2.42. The molecular formula is C9H17N3O3S3. The van der Waals surface area contributed by atoms with Crippen LogP contribution in [0.3, 0.4) is 0 Å². The van der Waals surface area contributed by atoms with Gasteiger partial charge in [0.1, 0.15) is 6.04 Å². The average molecular weight is 311 g/mol. The molecule has 1 unspecified atom stereocenters. The predicted molar refractivity (Wildman–Crippen MR) is 78.9 cm³/mol. The van der Waals surface area contributed by atoms with Crippen LogP contribution in [-0.2, 0) is 14.4 Å². The summed E-state index contributed by atoms with van der Waals surface area (Å²) in [7, 11) is 0. The van der Waals surface area contributed by atoms with Gasteiger partial charge in [-0.05, 0) is 0 Å². The lowest BCUT2D eigenvalue weighted by Crippen LogP contribution is -2.50. The highest BCUT2D eigenvalue weighted by Gasteiger charge is 2.32. The fourth-order valence-corrected chi connectivity index (χ4v) is 2.42. The lowest BCUT2D eigenvalue weighted by molar-refractivity contribution is -0.133. The maximum Gasteiger partial charge on any atom is 0.240 e. The highest BCUT2D eigenvalue weighted by molar-refractivity contribution is 7.80. The molecule has 0 radical (unpaired) electrons. The number of hydrogen-bond donors (Lipinski definition) is 6. The van der Waals surface area contributed by atoms with E-state index in [9.17, 15) is 14.4 Å². The zero-order chi connectivity index (χ0) is 14.3. The van der Waals surface area contributed by atoms with Gasteiger partial charge in [0.15, 0.2) is 0 Å². The first-order valence-electron chi connectivity index (χ1n) is 5.10. The summed E-state index contributed by atoms with van der Waals surface area (Å²) in [5.74, 6) is -3.06. The van der Waals surface area contributed by atoms with Gasteiger partial charge in [0.2, 0.25) is 17.7 Å². The Morgan fingerprint density at radius 3 is 1.67 bits per heavy atom. The summed E-state index contributed by atoms with van der Waals surface area (Å²) < 4.78 is 0. The Morgan fingerprint density at radius 2 is 1.39 bits per heavy atom. The van der Waals surface area contributed by atoms with Gasteiger partial charge in [-0.15, -0.1) is 0 Å². The zero-order valence-corrected chi connectivity index (χ0v) is 12.3. The molecule has 0 aromatic heterocycles. The van der Waals surface area contributed by atoms with Crippen molar-refractivity contribution >= 4 is 55.6 Å². The second kappa shape index (κ2) is 8.54. The minimum atomic E-state index is -0.892. The van der Waals surface area contributed by atoms with E-state index in [2.05, 4.69) is 43.2 Å². The first-order valence-corrected chi connectivity index (χ1v) is 7.00. The number of carbonyl (C=O) groups excluding carboxylic acids is 3. The van der Waals surface area contributed by atoms with Crippen molar-refractivity contribution in [3.8, 4) is 0 Å². The molecule has 0 aliphatic heterocycles. The van der Waals surface area contributed by atoms with Crippen molar-refractivity contribution in [1.29, 1.82) is 0 Å². The average Bonchev–Trinajstić information content (AvgIpc) is 2.31. The molecule has 0 aliphatic rings. The first-order chi connectivity index (χ1) is 8.38. The van der Waals surface area contributed by atoms with Gasteiger partial charge in [-0.2, -0.15) is 37.9 Å². The lowest BCUT2D eigenvalue weighted by Gasteiger charge is -2.23. The van der Waals surface area contributed by atoms with E-state index in [0.29, 0.717) is 0 Å². The largest absolute Gasteiger partial charge is 0.369 e. The minimum Gasteiger partial charge on any atom is -0.369 e. The third-order valence-corrected chi connectivity index (χ3v) is 3.58. The van der Waals surface area contributed by atoms with Gasteiger partial charge in [-0.25, -0.2) is 0 Å². The molecule has 0 aromatic rings. The number of amides is 3. The summed E-state index contributed by atoms with van der Waals surface area (Å²) in [6, 6.07) is -0.892. The Hall–Kier alpha value is -0.540. The first kappa shape index (κ1) is 17.5. The molecule has 0 rings (SSSR count). The molecule has 6 nitrogen and oxygen atoms in total. The minimum absolute atomic E-state index is 0.0719. The summed E-state index contributed by atoms with van der Waals surface area (Å²) in [6.45, 7) is 0. The van der Waals surface area contributed by atoms with Crippen LogP contribution in [0.1, 0.15) is 0 Å². The smallest absolute Gasteiger partial charge is 0.240 e. The molecule has 0 spiro atoms. The lowest BCUT2D eigenvalue weighted by atomic mass is 9.93. The van der Waals surface area contributed by atoms with Crippen molar-refractivity contribution in [3.05, 3.63) is 0 Å². The van der Waals surface area contributed by atoms with Gasteiger partial charge >= 0.3 is 0 Å². The van der Waals surface area contributed by atoms with Crippen LogP contribution in [0.5, 0.6) is 0 Å². The molecule has 0 saturated carbocycles. The molecule has 0 saturated heterocycles. The van der Waals surface area contributed by atoms with E-state index in [4.69, 9.17) is 11.5 Å². The van der Waals surface area contributed by atoms with Crippen molar-refractivity contribution in [2.75, 3.05) is 17.3 Å². The number of nitrogens with two attached hydrogens (primary N) is 2. The fourth-order valence-electron chi connectivity index (χ4n) is 1.29. The molecule has 0 bridgehead atoms. The molecule has 104 valence electrons. The van der Waals surface area contributed by atoms with Gasteiger partial charge in [0, 0.05) is 17.3 Å². The number of carbonyl (C=O) groups is 3. The normalized spacial score (nSPS) is 15.5. The number of thiol groups is 3. The van der Waals surface area contributed by atoms with Crippen LogP contribution in [0, 0.1) is 11.8 Å². The summed E-state index contributed by atoms with van der Waals surface area (Å²) in [5, 5.41) is 2.41. The Labute approximate surface area is 122 Å². The standard InChI is InChI=1S/C9H17N3O3S3/c10-7(13)4(1-16)5(2-17)9(15)12-6(3-18)8(11)14/h4-6,16-18H,1-3H2,(H2,10,13)(H2,11,14)(H,12,15)/t4?,5-,6+/m1/s1. The third kappa shape index (κ3) is 4.99. The van der Waals surface area contributed by atoms with Gasteiger partial charge in [-0.1, -0.05) is 0 Å². The maximum absolute atomic E-state index is 11.9.